The molecule has 4 nitrogen and oxygen atoms in total. The fourth-order valence-electron chi connectivity index (χ4n) is 3.29. The minimum atomic E-state index is -0.398. The van der Waals surface area contributed by atoms with Crippen molar-refractivity contribution >= 4 is 23.1 Å². The first kappa shape index (κ1) is 19.6. The fraction of sp³-hybridized carbons (Fsp3) is 0.333. The Morgan fingerprint density at radius 2 is 1.96 bits per heavy atom. The van der Waals surface area contributed by atoms with E-state index >= 15 is 0 Å². The zero-order valence-corrected chi connectivity index (χ0v) is 16.0. The molecule has 6 heteroatoms. The number of thioether (sulfide) groups is 1. The number of benzene rings is 2. The summed E-state index contributed by atoms with van der Waals surface area (Å²) in [6, 6.07) is 16.7. The van der Waals surface area contributed by atoms with Crippen molar-refractivity contribution in [3.05, 3.63) is 71.5 Å². The molecule has 1 aliphatic heterocycles. The Bertz CT molecular complexity index is 799. The second kappa shape index (κ2) is 9.15. The zero-order chi connectivity index (χ0) is 19.1. The van der Waals surface area contributed by atoms with E-state index in [0.717, 1.165) is 41.7 Å². The van der Waals surface area contributed by atoms with Crippen LogP contribution in [0.4, 0.5) is 4.39 Å². The van der Waals surface area contributed by atoms with Gasteiger partial charge in [0.25, 0.3) is 0 Å². The third-order valence-corrected chi connectivity index (χ3v) is 6.10. The molecule has 0 saturated heterocycles. The predicted octanol–water partition coefficient (Wildman–Crippen LogP) is 4.11. The summed E-state index contributed by atoms with van der Waals surface area (Å²) in [7, 11) is 0. The Kier molecular flexibility index (Phi) is 6.63. The van der Waals surface area contributed by atoms with Crippen molar-refractivity contribution in [3.8, 4) is 0 Å². The Labute approximate surface area is 163 Å². The normalized spacial score (nSPS) is 19.2. The number of rotatable bonds is 9. The number of halogens is 1. The molecule has 0 amide bonds. The molecule has 27 heavy (non-hydrogen) atoms. The lowest BCUT2D eigenvalue weighted by Gasteiger charge is -2.37. The maximum Gasteiger partial charge on any atom is 0.134 e. The summed E-state index contributed by atoms with van der Waals surface area (Å²) in [6.07, 6.45) is 3.82. The Balaban J connectivity index is 1.99. The number of hydrazone groups is 1. The van der Waals surface area contributed by atoms with Crippen LogP contribution in [0.1, 0.15) is 36.8 Å². The third kappa shape index (κ3) is 4.39. The van der Waals surface area contributed by atoms with E-state index in [1.807, 2.05) is 24.3 Å². The minimum absolute atomic E-state index is 0.275. The van der Waals surface area contributed by atoms with E-state index in [1.54, 1.807) is 17.8 Å². The molecule has 142 valence electrons. The van der Waals surface area contributed by atoms with E-state index in [2.05, 4.69) is 17.1 Å². The molecule has 3 rings (SSSR count). The van der Waals surface area contributed by atoms with Gasteiger partial charge in [0.05, 0.1) is 0 Å². The van der Waals surface area contributed by atoms with Crippen molar-refractivity contribution in [3.63, 3.8) is 0 Å². The summed E-state index contributed by atoms with van der Waals surface area (Å²) in [4.78, 5) is 10.4. The second-order valence-electron chi connectivity index (χ2n) is 6.49. The SMILES string of the molecule is NCCCC1(c2ccccc2)SC(c2cccc(F)c2)=NN1CCCC=O. The van der Waals surface area contributed by atoms with Crippen LogP contribution in [0.3, 0.4) is 0 Å². The number of aldehydes is 1. The molecular weight excluding hydrogens is 361 g/mol. The maximum absolute atomic E-state index is 13.8. The summed E-state index contributed by atoms with van der Waals surface area (Å²) in [6.45, 7) is 1.25. The molecule has 0 bridgehead atoms. The first-order valence-corrected chi connectivity index (χ1v) is 10.0. The summed E-state index contributed by atoms with van der Waals surface area (Å²) in [5.74, 6) is -0.275. The van der Waals surface area contributed by atoms with Crippen molar-refractivity contribution in [1.29, 1.82) is 0 Å². The van der Waals surface area contributed by atoms with Gasteiger partial charge >= 0.3 is 0 Å². The van der Waals surface area contributed by atoms with E-state index in [1.165, 1.54) is 12.1 Å². The van der Waals surface area contributed by atoms with E-state index < -0.39 is 4.87 Å². The molecular formula is C21H24FN3OS. The number of unbranched alkanes of at least 4 members (excludes halogenated alkanes) is 1. The van der Waals surface area contributed by atoms with Crippen LogP contribution < -0.4 is 5.73 Å². The number of nitrogens with zero attached hydrogens (tertiary/aromatic N) is 2. The molecule has 2 aromatic carbocycles. The first-order chi connectivity index (χ1) is 13.2. The first-order valence-electron chi connectivity index (χ1n) is 9.20. The average Bonchev–Trinajstić information content (AvgIpc) is 3.07. The van der Waals surface area contributed by atoms with Gasteiger partial charge in [0.1, 0.15) is 22.0 Å². The number of carbonyl (C=O) groups excluding carboxylic acids is 1. The van der Waals surface area contributed by atoms with Gasteiger partial charge in [0.2, 0.25) is 0 Å². The van der Waals surface area contributed by atoms with Crippen LogP contribution in [0.25, 0.3) is 0 Å². The van der Waals surface area contributed by atoms with Crippen LogP contribution >= 0.6 is 11.8 Å². The molecule has 0 saturated carbocycles. The molecule has 1 unspecified atom stereocenters. The Morgan fingerprint density at radius 3 is 2.67 bits per heavy atom. The van der Waals surface area contributed by atoms with Crippen LogP contribution in [0.2, 0.25) is 0 Å². The highest BCUT2D eigenvalue weighted by atomic mass is 32.2. The second-order valence-corrected chi connectivity index (χ2v) is 7.76. The highest BCUT2D eigenvalue weighted by molar-refractivity contribution is 8.15. The number of carbonyl (C=O) groups is 1. The lowest BCUT2D eigenvalue weighted by Crippen LogP contribution is -2.38. The van der Waals surface area contributed by atoms with Gasteiger partial charge in [-0.25, -0.2) is 4.39 Å². The molecule has 0 spiro atoms. The van der Waals surface area contributed by atoms with E-state index in [0.29, 0.717) is 19.5 Å². The van der Waals surface area contributed by atoms with Gasteiger partial charge in [0, 0.05) is 18.5 Å². The topological polar surface area (TPSA) is 58.7 Å². The maximum atomic E-state index is 13.8. The lowest BCUT2D eigenvalue weighted by atomic mass is 10.00. The molecule has 1 heterocycles. The highest BCUT2D eigenvalue weighted by Gasteiger charge is 2.44. The van der Waals surface area contributed by atoms with Crippen LogP contribution in [-0.2, 0) is 9.67 Å². The molecule has 0 radical (unpaired) electrons. The van der Waals surface area contributed by atoms with Gasteiger partial charge in [0.15, 0.2) is 0 Å². The highest BCUT2D eigenvalue weighted by Crippen LogP contribution is 2.50. The van der Waals surface area contributed by atoms with Crippen LogP contribution in [0, 0.1) is 5.82 Å². The van der Waals surface area contributed by atoms with E-state index in [-0.39, 0.29) is 5.82 Å². The molecule has 1 aliphatic rings. The molecule has 0 aliphatic carbocycles. The Morgan fingerprint density at radius 1 is 1.15 bits per heavy atom. The van der Waals surface area contributed by atoms with Crippen LogP contribution in [0.15, 0.2) is 59.7 Å². The largest absolute Gasteiger partial charge is 0.330 e. The number of hydrogen-bond donors (Lipinski definition) is 1. The van der Waals surface area contributed by atoms with Gasteiger partial charge in [-0.2, -0.15) is 5.10 Å². The average molecular weight is 386 g/mol. The molecule has 0 fully saturated rings. The van der Waals surface area contributed by atoms with Crippen molar-refractivity contribution in [2.75, 3.05) is 13.1 Å². The third-order valence-electron chi connectivity index (χ3n) is 4.60. The monoisotopic (exact) mass is 385 g/mol. The molecule has 0 aromatic heterocycles. The van der Waals surface area contributed by atoms with Crippen LogP contribution in [0.5, 0.6) is 0 Å². The van der Waals surface area contributed by atoms with Gasteiger partial charge in [-0.15, -0.1) is 0 Å². The minimum Gasteiger partial charge on any atom is -0.330 e. The van der Waals surface area contributed by atoms with Crippen molar-refractivity contribution < 1.29 is 9.18 Å². The standard InChI is InChI=1S/C21H24FN3OS/c22-19-11-6-8-17(16-19)20-24-25(14-4-5-15-26)21(27-20,12-7-13-23)18-9-2-1-3-10-18/h1-3,6,8-11,15-16H,4-5,7,12-14,23H2. The number of nitrogens with two attached hydrogens (primary N) is 1. The Hall–Kier alpha value is -2.18. The van der Waals surface area contributed by atoms with Crippen molar-refractivity contribution in [2.45, 2.75) is 30.6 Å². The van der Waals surface area contributed by atoms with Gasteiger partial charge in [-0.05, 0) is 43.5 Å². The predicted molar refractivity (Wildman–Crippen MR) is 109 cm³/mol. The summed E-state index contributed by atoms with van der Waals surface area (Å²) in [5.41, 5.74) is 7.73. The smallest absolute Gasteiger partial charge is 0.134 e. The van der Waals surface area contributed by atoms with Crippen molar-refractivity contribution in [2.24, 2.45) is 10.8 Å². The molecule has 2 N–H and O–H groups in total. The van der Waals surface area contributed by atoms with Gasteiger partial charge in [-0.1, -0.05) is 54.2 Å². The lowest BCUT2D eigenvalue weighted by molar-refractivity contribution is -0.108. The van der Waals surface area contributed by atoms with E-state index in [4.69, 9.17) is 10.8 Å². The summed E-state index contributed by atoms with van der Waals surface area (Å²) in [5, 5.41) is 7.70. The fourth-order valence-corrected chi connectivity index (χ4v) is 4.73. The quantitative estimate of drug-likeness (QED) is 0.521. The summed E-state index contributed by atoms with van der Waals surface area (Å²) < 4.78 is 13.8. The van der Waals surface area contributed by atoms with E-state index in [9.17, 15) is 9.18 Å². The number of hydrogen-bond acceptors (Lipinski definition) is 5. The summed E-state index contributed by atoms with van der Waals surface area (Å²) >= 11 is 1.64. The van der Waals surface area contributed by atoms with Crippen molar-refractivity contribution in [1.82, 2.24) is 5.01 Å². The van der Waals surface area contributed by atoms with Crippen LogP contribution in [-0.4, -0.2) is 29.4 Å². The molecule has 2 aromatic rings. The van der Waals surface area contributed by atoms with Gasteiger partial charge in [-0.3, -0.25) is 5.01 Å². The zero-order valence-electron chi connectivity index (χ0n) is 15.2. The van der Waals surface area contributed by atoms with Gasteiger partial charge < -0.3 is 10.5 Å². The molecule has 1 atom stereocenters.